The second-order valence-electron chi connectivity index (χ2n) is 9.42. The first-order valence-corrected chi connectivity index (χ1v) is 13.4. The summed E-state index contributed by atoms with van der Waals surface area (Å²) in [6, 6.07) is 23.6. The van der Waals surface area contributed by atoms with Crippen LogP contribution in [0.15, 0.2) is 96.1 Å². The van der Waals surface area contributed by atoms with Crippen molar-refractivity contribution in [2.45, 2.75) is 13.1 Å². The highest BCUT2D eigenvalue weighted by Gasteiger charge is 2.34. The number of halogens is 3. The Bertz CT molecular complexity index is 1830. The molecule has 1 heterocycles. The van der Waals surface area contributed by atoms with E-state index in [1.807, 2.05) is 0 Å². The first-order valence-electron chi connectivity index (χ1n) is 13.4. The third kappa shape index (κ3) is 6.41. The fourth-order valence-corrected chi connectivity index (χ4v) is 4.59. The van der Waals surface area contributed by atoms with Gasteiger partial charge in [0.25, 0.3) is 5.91 Å². The zero-order valence-corrected chi connectivity index (χ0v) is 23.6. The van der Waals surface area contributed by atoms with Crippen molar-refractivity contribution in [3.8, 4) is 28.4 Å². The Labute approximate surface area is 250 Å². The monoisotopic (exact) mass is 601 g/mol. The molecule has 0 saturated carbocycles. The number of carbonyl (C=O) groups excluding carboxylic acids is 2. The molecule has 0 unspecified atom stereocenters. The molecule has 2 N–H and O–H groups in total. The molecule has 0 aliphatic rings. The van der Waals surface area contributed by atoms with E-state index in [4.69, 9.17) is 14.2 Å². The van der Waals surface area contributed by atoms with Crippen molar-refractivity contribution < 1.29 is 37.0 Å². The number of fused-ring (bicyclic) bond motifs is 1. The molecule has 5 aromatic rings. The second-order valence-corrected chi connectivity index (χ2v) is 9.42. The molecule has 5 rings (SSSR count). The van der Waals surface area contributed by atoms with Crippen molar-refractivity contribution in [1.82, 2.24) is 10.4 Å². The molecule has 0 atom stereocenters. The minimum absolute atomic E-state index is 0.0733. The molecule has 8 nitrogen and oxygen atoms in total. The Morgan fingerprint density at radius 3 is 2.36 bits per heavy atom. The number of carbonyl (C=O) groups is 2. The summed E-state index contributed by atoms with van der Waals surface area (Å²) in [7, 11) is 1.52. The fraction of sp³-hybridized carbons (Fsp3) is 0.121. The van der Waals surface area contributed by atoms with Crippen LogP contribution in [0.3, 0.4) is 0 Å². The van der Waals surface area contributed by atoms with Crippen molar-refractivity contribution >= 4 is 29.0 Å². The number of H-pyrrole nitrogens is 1. The predicted octanol–water partition coefficient (Wildman–Crippen LogP) is 7.24. The van der Waals surface area contributed by atoms with Gasteiger partial charge in [-0.3, -0.25) is 4.79 Å². The SMILES string of the molecule is CCOc1cc(C=NNC(=O)c2[nH]c3c(C(F)(F)F)cccc3c2-c2ccccc2)ccc1OC(=O)c1ccc(OC)cc1. The molecule has 0 aliphatic carbocycles. The van der Waals surface area contributed by atoms with Gasteiger partial charge in [-0.15, -0.1) is 0 Å². The summed E-state index contributed by atoms with van der Waals surface area (Å²) in [5, 5.41) is 4.26. The van der Waals surface area contributed by atoms with Crippen molar-refractivity contribution in [2.24, 2.45) is 5.10 Å². The lowest BCUT2D eigenvalue weighted by Crippen LogP contribution is -2.19. The number of hydrogen-bond donors (Lipinski definition) is 2. The minimum Gasteiger partial charge on any atom is -0.497 e. The van der Waals surface area contributed by atoms with Crippen molar-refractivity contribution in [3.05, 3.63) is 113 Å². The average Bonchev–Trinajstić information content (AvgIpc) is 3.42. The maximum atomic E-state index is 13.8. The van der Waals surface area contributed by atoms with Gasteiger partial charge in [-0.1, -0.05) is 42.5 Å². The highest BCUT2D eigenvalue weighted by molar-refractivity contribution is 6.10. The molecule has 0 aliphatic heterocycles. The first kappa shape index (κ1) is 29.9. The molecule has 1 aromatic heterocycles. The maximum absolute atomic E-state index is 13.8. The molecule has 0 bridgehead atoms. The molecule has 44 heavy (non-hydrogen) atoms. The van der Waals surface area contributed by atoms with E-state index >= 15 is 0 Å². The Kier molecular flexibility index (Phi) is 8.66. The lowest BCUT2D eigenvalue weighted by molar-refractivity contribution is -0.136. The molecule has 11 heteroatoms. The van der Waals surface area contributed by atoms with Crippen LogP contribution in [0.5, 0.6) is 17.2 Å². The van der Waals surface area contributed by atoms with E-state index in [1.165, 1.54) is 31.5 Å². The number of ether oxygens (including phenoxy) is 3. The third-order valence-electron chi connectivity index (χ3n) is 6.60. The Morgan fingerprint density at radius 1 is 0.932 bits per heavy atom. The zero-order valence-electron chi connectivity index (χ0n) is 23.6. The second kappa shape index (κ2) is 12.7. The van der Waals surface area contributed by atoms with Crippen LogP contribution < -0.4 is 19.6 Å². The third-order valence-corrected chi connectivity index (χ3v) is 6.60. The van der Waals surface area contributed by atoms with Gasteiger partial charge in [-0.2, -0.15) is 18.3 Å². The zero-order chi connectivity index (χ0) is 31.3. The molecule has 0 fully saturated rings. The summed E-state index contributed by atoms with van der Waals surface area (Å²) in [6.07, 6.45) is -3.29. The molecule has 0 saturated heterocycles. The summed E-state index contributed by atoms with van der Waals surface area (Å²) in [5.74, 6) is -0.284. The number of benzene rings is 4. The van der Waals surface area contributed by atoms with Gasteiger partial charge in [-0.25, -0.2) is 10.2 Å². The van der Waals surface area contributed by atoms with Gasteiger partial charge in [-0.05, 0) is 66.6 Å². The fourth-order valence-electron chi connectivity index (χ4n) is 4.59. The molecule has 0 spiro atoms. The normalized spacial score (nSPS) is 11.5. The van der Waals surface area contributed by atoms with E-state index in [1.54, 1.807) is 73.7 Å². The predicted molar refractivity (Wildman–Crippen MR) is 159 cm³/mol. The lowest BCUT2D eigenvalue weighted by atomic mass is 10.0. The number of amides is 1. The maximum Gasteiger partial charge on any atom is 0.418 e. The number of methoxy groups -OCH3 is 1. The van der Waals surface area contributed by atoms with Crippen LogP contribution in [0.25, 0.3) is 22.0 Å². The number of alkyl halides is 3. The summed E-state index contributed by atoms with van der Waals surface area (Å²) in [5.41, 5.74) is 2.93. The minimum atomic E-state index is -4.63. The van der Waals surface area contributed by atoms with Gasteiger partial charge >= 0.3 is 12.1 Å². The van der Waals surface area contributed by atoms with Gasteiger partial charge in [0.2, 0.25) is 0 Å². The number of nitrogens with zero attached hydrogens (tertiary/aromatic N) is 1. The van der Waals surface area contributed by atoms with Gasteiger partial charge < -0.3 is 19.2 Å². The molecular formula is C33H26F3N3O5. The summed E-state index contributed by atoms with van der Waals surface area (Å²) in [4.78, 5) is 28.6. The van der Waals surface area contributed by atoms with Gasteiger partial charge in [0.05, 0.1) is 36.6 Å². The van der Waals surface area contributed by atoms with Gasteiger partial charge in [0.1, 0.15) is 11.4 Å². The average molecular weight is 602 g/mol. The topological polar surface area (TPSA) is 102 Å². The van der Waals surface area contributed by atoms with Gasteiger partial charge in [0.15, 0.2) is 11.5 Å². The quantitative estimate of drug-likeness (QED) is 0.0803. The Balaban J connectivity index is 1.39. The van der Waals surface area contributed by atoms with Crippen molar-refractivity contribution in [1.29, 1.82) is 0 Å². The molecule has 224 valence electrons. The number of aromatic nitrogens is 1. The number of aromatic amines is 1. The summed E-state index contributed by atoms with van der Waals surface area (Å²) < 4.78 is 57.6. The molecule has 1 amide bonds. The van der Waals surface area contributed by atoms with E-state index in [2.05, 4.69) is 15.5 Å². The number of hydrazone groups is 1. The number of rotatable bonds is 9. The Morgan fingerprint density at radius 2 is 1.68 bits per heavy atom. The van der Waals surface area contributed by atoms with Crippen LogP contribution >= 0.6 is 0 Å². The van der Waals surface area contributed by atoms with Crippen LogP contribution in [0.4, 0.5) is 13.2 Å². The van der Waals surface area contributed by atoms with Crippen molar-refractivity contribution in [3.63, 3.8) is 0 Å². The highest BCUT2D eigenvalue weighted by atomic mass is 19.4. The largest absolute Gasteiger partial charge is 0.497 e. The number of esters is 1. The van der Waals surface area contributed by atoms with E-state index < -0.39 is 23.6 Å². The number of nitrogens with one attached hydrogen (secondary N) is 2. The van der Waals surface area contributed by atoms with Crippen LogP contribution in [0.1, 0.15) is 38.9 Å². The Hall–Kier alpha value is -5.58. The standard InChI is InChI=1S/C33H26F3N3O5/c1-3-43-27-18-20(12-17-26(27)44-32(41)22-13-15-23(42-2)16-14-22)19-37-39-31(40)30-28(21-8-5-4-6-9-21)24-10-7-11-25(29(24)38-30)33(34,35)36/h4-19,38H,3H2,1-2H3,(H,39,40). The van der Waals surface area contributed by atoms with Crippen molar-refractivity contribution in [2.75, 3.05) is 13.7 Å². The van der Waals surface area contributed by atoms with E-state index in [0.29, 0.717) is 28.0 Å². The van der Waals surface area contributed by atoms with E-state index in [0.717, 1.165) is 6.07 Å². The van der Waals surface area contributed by atoms with E-state index in [9.17, 15) is 22.8 Å². The van der Waals surface area contributed by atoms with Crippen LogP contribution in [0.2, 0.25) is 0 Å². The van der Waals surface area contributed by atoms with E-state index in [-0.39, 0.29) is 34.7 Å². The smallest absolute Gasteiger partial charge is 0.418 e. The highest BCUT2D eigenvalue weighted by Crippen LogP contribution is 2.39. The van der Waals surface area contributed by atoms with Crippen LogP contribution in [-0.4, -0.2) is 36.8 Å². The first-order chi connectivity index (χ1) is 21.2. The molecule has 0 radical (unpaired) electrons. The lowest BCUT2D eigenvalue weighted by Gasteiger charge is -2.11. The number of hydrogen-bond acceptors (Lipinski definition) is 6. The van der Waals surface area contributed by atoms with Crippen LogP contribution in [-0.2, 0) is 6.18 Å². The summed E-state index contributed by atoms with van der Waals surface area (Å²) in [6.45, 7) is 2.05. The van der Waals surface area contributed by atoms with Gasteiger partial charge in [0, 0.05) is 10.9 Å². The van der Waals surface area contributed by atoms with Crippen LogP contribution in [0, 0.1) is 0 Å². The number of para-hydroxylation sites is 1. The molecular weight excluding hydrogens is 575 g/mol. The summed E-state index contributed by atoms with van der Waals surface area (Å²) >= 11 is 0. The molecule has 4 aromatic carbocycles.